The molecule has 1 amide bonds. The molecule has 2 atom stereocenters. The average Bonchev–Trinajstić information content (AvgIpc) is 2.95. The van der Waals surface area contributed by atoms with Gasteiger partial charge in [0.15, 0.2) is 0 Å². The van der Waals surface area contributed by atoms with Gasteiger partial charge in [0.1, 0.15) is 5.75 Å². The van der Waals surface area contributed by atoms with Crippen molar-refractivity contribution in [2.24, 2.45) is 5.92 Å². The first-order valence-corrected chi connectivity index (χ1v) is 6.54. The van der Waals surface area contributed by atoms with Gasteiger partial charge in [-0.25, -0.2) is 4.79 Å². The highest BCUT2D eigenvalue weighted by Gasteiger charge is 2.33. The Morgan fingerprint density at radius 3 is 2.76 bits per heavy atom. The smallest absolute Gasteiger partial charge is 0.337 e. The third kappa shape index (κ3) is 3.32. The number of hydrogen-bond donors (Lipinski definition) is 3. The van der Waals surface area contributed by atoms with E-state index in [1.54, 1.807) is 7.05 Å². The summed E-state index contributed by atoms with van der Waals surface area (Å²) >= 11 is 0. The summed E-state index contributed by atoms with van der Waals surface area (Å²) in [7, 11) is 3.23. The Morgan fingerprint density at radius 1 is 1.38 bits per heavy atom. The molecule has 21 heavy (non-hydrogen) atoms. The van der Waals surface area contributed by atoms with E-state index < -0.39 is 5.97 Å². The maximum atomic E-state index is 12.3. The maximum Gasteiger partial charge on any atom is 0.337 e. The average molecular weight is 294 g/mol. The first-order valence-electron chi connectivity index (χ1n) is 6.54. The van der Waals surface area contributed by atoms with Crippen LogP contribution in [0.4, 0.5) is 5.69 Å². The van der Waals surface area contributed by atoms with Gasteiger partial charge in [0.05, 0.1) is 37.5 Å². The lowest BCUT2D eigenvalue weighted by atomic mass is 10.0. The molecule has 0 aliphatic carbocycles. The van der Waals surface area contributed by atoms with Gasteiger partial charge in [-0.05, 0) is 19.2 Å². The number of amides is 1. The van der Waals surface area contributed by atoms with Crippen molar-refractivity contribution >= 4 is 17.6 Å². The predicted molar refractivity (Wildman–Crippen MR) is 75.7 cm³/mol. The molecule has 1 aliphatic heterocycles. The van der Waals surface area contributed by atoms with Gasteiger partial charge in [0, 0.05) is 12.1 Å². The van der Waals surface area contributed by atoms with E-state index in [2.05, 4.69) is 10.6 Å². The molecule has 7 heteroatoms. The molecule has 1 aromatic carbocycles. The van der Waals surface area contributed by atoms with Crippen LogP contribution < -0.4 is 15.4 Å². The SMILES string of the molecule is CNC1COCC1C(=O)Nc1cc(OC)ccc1C(=O)O. The van der Waals surface area contributed by atoms with E-state index in [-0.39, 0.29) is 29.1 Å². The molecule has 2 rings (SSSR count). The molecule has 0 aromatic heterocycles. The van der Waals surface area contributed by atoms with Crippen LogP contribution in [0.3, 0.4) is 0 Å². The zero-order chi connectivity index (χ0) is 15.4. The molecular formula is C14H18N2O5. The van der Waals surface area contributed by atoms with Crippen molar-refractivity contribution in [3.63, 3.8) is 0 Å². The number of anilines is 1. The van der Waals surface area contributed by atoms with Crippen LogP contribution >= 0.6 is 0 Å². The Bertz CT molecular complexity index is 546. The van der Waals surface area contributed by atoms with Crippen molar-refractivity contribution in [3.8, 4) is 5.75 Å². The van der Waals surface area contributed by atoms with Crippen molar-refractivity contribution in [3.05, 3.63) is 23.8 Å². The number of aromatic carboxylic acids is 1. The minimum absolute atomic E-state index is 0.0177. The second kappa shape index (κ2) is 6.55. The summed E-state index contributed by atoms with van der Waals surface area (Å²) in [6.45, 7) is 0.766. The Morgan fingerprint density at radius 2 is 2.14 bits per heavy atom. The van der Waals surface area contributed by atoms with Gasteiger partial charge in [-0.15, -0.1) is 0 Å². The molecule has 1 heterocycles. The van der Waals surface area contributed by atoms with Crippen LogP contribution in [0.1, 0.15) is 10.4 Å². The molecule has 0 radical (unpaired) electrons. The summed E-state index contributed by atoms with van der Waals surface area (Å²) in [4.78, 5) is 23.5. The van der Waals surface area contributed by atoms with Crippen molar-refractivity contribution < 1.29 is 24.2 Å². The molecule has 0 bridgehead atoms. The highest BCUT2D eigenvalue weighted by atomic mass is 16.5. The molecule has 114 valence electrons. The summed E-state index contributed by atoms with van der Waals surface area (Å²) in [6, 6.07) is 4.35. The minimum Gasteiger partial charge on any atom is -0.497 e. The Kier molecular flexibility index (Phi) is 4.77. The number of rotatable bonds is 5. The molecule has 1 aliphatic rings. The standard InChI is InChI=1S/C14H18N2O5/c1-15-12-7-21-6-10(12)13(17)16-11-5-8(20-2)3-4-9(11)14(18)19/h3-5,10,12,15H,6-7H2,1-2H3,(H,16,17)(H,18,19). The fraction of sp³-hybridized carbons (Fsp3) is 0.429. The van der Waals surface area contributed by atoms with Crippen molar-refractivity contribution in [2.45, 2.75) is 6.04 Å². The molecule has 0 spiro atoms. The first-order chi connectivity index (χ1) is 10.1. The van der Waals surface area contributed by atoms with E-state index in [4.69, 9.17) is 9.47 Å². The number of ether oxygens (including phenoxy) is 2. The summed E-state index contributed by atoms with van der Waals surface area (Å²) in [5.74, 6) is -1.27. The van der Waals surface area contributed by atoms with Crippen LogP contribution in [-0.4, -0.2) is 50.4 Å². The topological polar surface area (TPSA) is 96.9 Å². The minimum atomic E-state index is -1.11. The quantitative estimate of drug-likeness (QED) is 0.734. The maximum absolute atomic E-state index is 12.3. The van der Waals surface area contributed by atoms with Gasteiger partial charge < -0.3 is 25.2 Å². The second-order valence-corrected chi connectivity index (χ2v) is 4.75. The molecular weight excluding hydrogens is 276 g/mol. The Hall–Kier alpha value is -2.12. The largest absolute Gasteiger partial charge is 0.497 e. The lowest BCUT2D eigenvalue weighted by molar-refractivity contribution is -0.120. The number of carbonyl (C=O) groups is 2. The van der Waals surface area contributed by atoms with Crippen molar-refractivity contribution in [1.29, 1.82) is 0 Å². The van der Waals surface area contributed by atoms with Gasteiger partial charge in [-0.3, -0.25) is 4.79 Å². The lowest BCUT2D eigenvalue weighted by Crippen LogP contribution is -2.39. The molecule has 2 unspecified atom stereocenters. The van der Waals surface area contributed by atoms with E-state index in [1.807, 2.05) is 0 Å². The van der Waals surface area contributed by atoms with Crippen LogP contribution in [-0.2, 0) is 9.53 Å². The van der Waals surface area contributed by atoms with E-state index in [0.717, 1.165) is 0 Å². The zero-order valence-electron chi connectivity index (χ0n) is 11.9. The predicted octanol–water partition coefficient (Wildman–Crippen LogP) is 0.566. The monoisotopic (exact) mass is 294 g/mol. The van der Waals surface area contributed by atoms with Gasteiger partial charge in [0.2, 0.25) is 5.91 Å². The van der Waals surface area contributed by atoms with Crippen molar-refractivity contribution in [1.82, 2.24) is 5.32 Å². The first kappa shape index (κ1) is 15.3. The molecule has 1 saturated heterocycles. The fourth-order valence-electron chi connectivity index (χ4n) is 2.26. The Labute approximate surface area is 122 Å². The van der Waals surface area contributed by atoms with E-state index in [1.165, 1.54) is 25.3 Å². The summed E-state index contributed by atoms with van der Waals surface area (Å²) in [5, 5.41) is 14.8. The molecule has 1 aromatic rings. The molecule has 3 N–H and O–H groups in total. The second-order valence-electron chi connectivity index (χ2n) is 4.75. The van der Waals surface area contributed by atoms with Crippen molar-refractivity contribution in [2.75, 3.05) is 32.7 Å². The molecule has 1 fully saturated rings. The number of hydrogen-bond acceptors (Lipinski definition) is 5. The number of carbonyl (C=O) groups excluding carboxylic acids is 1. The van der Waals surface area contributed by atoms with Crippen LogP contribution in [0.5, 0.6) is 5.75 Å². The summed E-state index contributed by atoms with van der Waals surface area (Å²) in [5.41, 5.74) is 0.234. The van der Waals surface area contributed by atoms with Crippen LogP contribution in [0.15, 0.2) is 18.2 Å². The summed E-state index contributed by atoms with van der Waals surface area (Å²) in [6.07, 6.45) is 0. The number of nitrogens with one attached hydrogen (secondary N) is 2. The lowest BCUT2D eigenvalue weighted by Gasteiger charge is -2.17. The number of benzene rings is 1. The molecule has 7 nitrogen and oxygen atoms in total. The van der Waals surface area contributed by atoms with Gasteiger partial charge in [-0.1, -0.05) is 0 Å². The van der Waals surface area contributed by atoms with Gasteiger partial charge >= 0.3 is 5.97 Å². The third-order valence-corrected chi connectivity index (χ3v) is 3.50. The number of carboxylic acid groups (broad SMARTS) is 1. The number of methoxy groups -OCH3 is 1. The normalized spacial score (nSPS) is 21.0. The van der Waals surface area contributed by atoms with Gasteiger partial charge in [0.25, 0.3) is 0 Å². The van der Waals surface area contributed by atoms with Crippen LogP contribution in [0.2, 0.25) is 0 Å². The summed E-state index contributed by atoms with van der Waals surface area (Å²) < 4.78 is 10.3. The fourth-order valence-corrected chi connectivity index (χ4v) is 2.26. The van der Waals surface area contributed by atoms with E-state index >= 15 is 0 Å². The van der Waals surface area contributed by atoms with E-state index in [9.17, 15) is 14.7 Å². The highest BCUT2D eigenvalue weighted by molar-refractivity contribution is 6.01. The van der Waals surface area contributed by atoms with Crippen LogP contribution in [0, 0.1) is 5.92 Å². The number of likely N-dealkylation sites (N-methyl/N-ethyl adjacent to an activating group) is 1. The third-order valence-electron chi connectivity index (χ3n) is 3.50. The van der Waals surface area contributed by atoms with Gasteiger partial charge in [-0.2, -0.15) is 0 Å². The Balaban J connectivity index is 2.21. The number of carboxylic acids is 1. The zero-order valence-corrected chi connectivity index (χ0v) is 11.9. The van der Waals surface area contributed by atoms with E-state index in [0.29, 0.717) is 19.0 Å². The highest BCUT2D eigenvalue weighted by Crippen LogP contribution is 2.24. The molecule has 0 saturated carbocycles. The van der Waals surface area contributed by atoms with Crippen LogP contribution in [0.25, 0.3) is 0 Å².